The van der Waals surface area contributed by atoms with Crippen LogP contribution in [0.2, 0.25) is 0 Å². The summed E-state index contributed by atoms with van der Waals surface area (Å²) in [4.78, 5) is 11.1. The number of hydrogen-bond donors (Lipinski definition) is 1. The number of carboxylic acids is 1. The Hall–Kier alpha value is -2.15. The van der Waals surface area contributed by atoms with Crippen LogP contribution in [0.1, 0.15) is 12.8 Å². The van der Waals surface area contributed by atoms with E-state index >= 15 is 0 Å². The Bertz CT molecular complexity index is 711. The largest absolute Gasteiger partial charge is 1.00 e. The van der Waals surface area contributed by atoms with Crippen molar-refractivity contribution in [2.75, 3.05) is 6.16 Å². The molecule has 0 spiro atoms. The molecule has 0 aliphatic rings. The van der Waals surface area contributed by atoms with Gasteiger partial charge in [0, 0.05) is 6.42 Å². The maximum absolute atomic E-state index is 11.1. The summed E-state index contributed by atoms with van der Waals surface area (Å²) >= 11 is 0. The van der Waals surface area contributed by atoms with Gasteiger partial charge in [-0.25, -0.2) is 0 Å². The lowest BCUT2D eigenvalue weighted by Crippen LogP contribution is -3.00. The van der Waals surface area contributed by atoms with Crippen LogP contribution in [0.5, 0.6) is 0 Å². The minimum Gasteiger partial charge on any atom is -1.00 e. The standard InChI is InChI=1S/C22H21O2P.ClH/c23-22(24)17-10-18-25(19-11-4-1-5-12-19,20-13-6-2-7-14-20)21-15-8-3-9-16-21;/h1-9,11-16H,10,17-18H2;1H. The van der Waals surface area contributed by atoms with Gasteiger partial charge in [0.1, 0.15) is 23.2 Å². The van der Waals surface area contributed by atoms with Crippen molar-refractivity contribution in [3.8, 4) is 0 Å². The van der Waals surface area contributed by atoms with Crippen molar-refractivity contribution >= 4 is 29.1 Å². The fourth-order valence-electron chi connectivity index (χ4n) is 3.35. The summed E-state index contributed by atoms with van der Waals surface area (Å²) in [7, 11) is -1.87. The molecule has 0 aromatic heterocycles. The number of carbonyl (C=O) groups is 1. The molecule has 0 heterocycles. The van der Waals surface area contributed by atoms with E-state index in [0.29, 0.717) is 6.42 Å². The molecule has 0 amide bonds. The van der Waals surface area contributed by atoms with E-state index in [2.05, 4.69) is 72.8 Å². The Kier molecular flexibility index (Phi) is 7.38. The fraction of sp³-hybridized carbons (Fsp3) is 0.136. The highest BCUT2D eigenvalue weighted by atomic mass is 35.5. The quantitative estimate of drug-likeness (QED) is 0.613. The van der Waals surface area contributed by atoms with E-state index in [1.54, 1.807) is 0 Å². The van der Waals surface area contributed by atoms with E-state index in [9.17, 15) is 4.79 Å². The number of carboxylic acid groups (broad SMARTS) is 1. The molecule has 26 heavy (non-hydrogen) atoms. The van der Waals surface area contributed by atoms with Gasteiger partial charge in [0.2, 0.25) is 0 Å². The van der Waals surface area contributed by atoms with Crippen LogP contribution in [0, 0.1) is 0 Å². The molecule has 0 aliphatic carbocycles. The third-order valence-electron chi connectivity index (χ3n) is 4.48. The third-order valence-corrected chi connectivity index (χ3v) is 9.00. The molecule has 3 aromatic rings. The fourth-order valence-corrected chi connectivity index (χ4v) is 7.69. The Morgan fingerprint density at radius 1 is 0.692 bits per heavy atom. The lowest BCUT2D eigenvalue weighted by molar-refractivity contribution is -0.137. The average molecular weight is 385 g/mol. The zero-order valence-corrected chi connectivity index (χ0v) is 16.1. The number of benzene rings is 3. The molecule has 0 saturated carbocycles. The summed E-state index contributed by atoms with van der Waals surface area (Å²) in [5.41, 5.74) is 0. The molecule has 0 atom stereocenters. The Labute approximate surface area is 161 Å². The Balaban J connectivity index is 0.00000243. The number of rotatable bonds is 7. The summed E-state index contributed by atoms with van der Waals surface area (Å²) in [6, 6.07) is 31.7. The molecule has 3 aromatic carbocycles. The van der Waals surface area contributed by atoms with Gasteiger partial charge in [-0.1, -0.05) is 54.6 Å². The smallest absolute Gasteiger partial charge is 0.303 e. The van der Waals surface area contributed by atoms with E-state index < -0.39 is 13.2 Å². The van der Waals surface area contributed by atoms with Crippen molar-refractivity contribution in [3.05, 3.63) is 91.0 Å². The molecular formula is C22H22ClO2P. The number of halogens is 1. The van der Waals surface area contributed by atoms with Gasteiger partial charge in [-0.15, -0.1) is 0 Å². The Morgan fingerprint density at radius 2 is 1.04 bits per heavy atom. The summed E-state index contributed by atoms with van der Waals surface area (Å²) in [5.74, 6) is -0.729. The monoisotopic (exact) mass is 384 g/mol. The lowest BCUT2D eigenvalue weighted by Gasteiger charge is -2.27. The first-order valence-corrected chi connectivity index (χ1v) is 10.5. The van der Waals surface area contributed by atoms with Crippen molar-refractivity contribution in [1.82, 2.24) is 0 Å². The molecule has 0 aliphatic heterocycles. The zero-order chi connectivity index (χ0) is 17.5. The minimum absolute atomic E-state index is 0. The van der Waals surface area contributed by atoms with Crippen molar-refractivity contribution in [2.24, 2.45) is 0 Å². The second-order valence-electron chi connectivity index (χ2n) is 6.04. The summed E-state index contributed by atoms with van der Waals surface area (Å²) in [6.07, 6.45) is 1.73. The van der Waals surface area contributed by atoms with Crippen molar-refractivity contribution in [1.29, 1.82) is 0 Å². The average Bonchev–Trinajstić information content (AvgIpc) is 2.67. The van der Waals surface area contributed by atoms with Crippen LogP contribution < -0.4 is 28.3 Å². The van der Waals surface area contributed by atoms with Crippen molar-refractivity contribution in [2.45, 2.75) is 12.8 Å². The van der Waals surface area contributed by atoms with Gasteiger partial charge in [-0.3, -0.25) is 4.79 Å². The molecule has 3 rings (SSSR count). The first kappa shape index (κ1) is 20.2. The summed E-state index contributed by atoms with van der Waals surface area (Å²) in [6.45, 7) is 0. The lowest BCUT2D eigenvalue weighted by atomic mass is 10.3. The van der Waals surface area contributed by atoms with Crippen LogP contribution in [0.25, 0.3) is 0 Å². The molecule has 0 bridgehead atoms. The highest BCUT2D eigenvalue weighted by Crippen LogP contribution is 2.55. The van der Waals surface area contributed by atoms with E-state index in [0.717, 1.165) is 6.16 Å². The number of hydrogen-bond acceptors (Lipinski definition) is 1. The van der Waals surface area contributed by atoms with Gasteiger partial charge in [-0.05, 0) is 42.8 Å². The second-order valence-corrected chi connectivity index (χ2v) is 9.65. The molecule has 2 nitrogen and oxygen atoms in total. The van der Waals surface area contributed by atoms with Crippen LogP contribution in [0.4, 0.5) is 0 Å². The molecule has 134 valence electrons. The molecule has 0 unspecified atom stereocenters. The molecular weight excluding hydrogens is 363 g/mol. The van der Waals surface area contributed by atoms with Gasteiger partial charge in [0.25, 0.3) is 0 Å². The van der Waals surface area contributed by atoms with Crippen molar-refractivity contribution < 1.29 is 22.3 Å². The maximum atomic E-state index is 11.1. The first-order valence-electron chi connectivity index (χ1n) is 8.50. The van der Waals surface area contributed by atoms with Gasteiger partial charge < -0.3 is 17.5 Å². The van der Waals surface area contributed by atoms with Crippen LogP contribution in [0.3, 0.4) is 0 Å². The number of aliphatic carboxylic acids is 1. The molecule has 0 radical (unpaired) electrons. The van der Waals surface area contributed by atoms with E-state index in [-0.39, 0.29) is 18.8 Å². The maximum Gasteiger partial charge on any atom is 0.303 e. The highest BCUT2D eigenvalue weighted by Gasteiger charge is 2.44. The van der Waals surface area contributed by atoms with Crippen LogP contribution in [-0.2, 0) is 4.79 Å². The van der Waals surface area contributed by atoms with Crippen LogP contribution in [-0.4, -0.2) is 17.2 Å². The van der Waals surface area contributed by atoms with Gasteiger partial charge in [-0.2, -0.15) is 0 Å². The van der Waals surface area contributed by atoms with E-state index in [4.69, 9.17) is 5.11 Å². The van der Waals surface area contributed by atoms with E-state index in [1.165, 1.54) is 15.9 Å². The van der Waals surface area contributed by atoms with Crippen LogP contribution in [0.15, 0.2) is 91.0 Å². The first-order chi connectivity index (χ1) is 12.2. The van der Waals surface area contributed by atoms with Gasteiger partial charge in [0.05, 0.1) is 6.16 Å². The molecule has 0 fully saturated rings. The third kappa shape index (κ3) is 4.33. The Morgan fingerprint density at radius 3 is 1.35 bits per heavy atom. The predicted molar refractivity (Wildman–Crippen MR) is 107 cm³/mol. The van der Waals surface area contributed by atoms with Gasteiger partial charge >= 0.3 is 5.97 Å². The minimum atomic E-state index is -1.87. The van der Waals surface area contributed by atoms with Crippen molar-refractivity contribution in [3.63, 3.8) is 0 Å². The van der Waals surface area contributed by atoms with E-state index in [1.807, 2.05) is 18.2 Å². The molecule has 4 heteroatoms. The van der Waals surface area contributed by atoms with Gasteiger partial charge in [0.15, 0.2) is 0 Å². The predicted octanol–water partition coefficient (Wildman–Crippen LogP) is 0.849. The normalized spacial score (nSPS) is 10.8. The molecule has 1 N–H and O–H groups in total. The summed E-state index contributed by atoms with van der Waals surface area (Å²) in [5, 5.41) is 13.0. The summed E-state index contributed by atoms with van der Waals surface area (Å²) < 4.78 is 0. The van der Waals surface area contributed by atoms with Crippen LogP contribution >= 0.6 is 7.26 Å². The SMILES string of the molecule is O=C(O)CCC[P+](c1ccccc1)(c1ccccc1)c1ccccc1.[Cl-]. The highest BCUT2D eigenvalue weighted by molar-refractivity contribution is 7.95. The zero-order valence-electron chi connectivity index (χ0n) is 14.5. The molecule has 0 saturated heterocycles. The topological polar surface area (TPSA) is 37.3 Å². The second kappa shape index (κ2) is 9.52.